The first-order chi connectivity index (χ1) is 18.3. The summed E-state index contributed by atoms with van der Waals surface area (Å²) in [6.45, 7) is 2.49. The van der Waals surface area contributed by atoms with Crippen LogP contribution in [0, 0.1) is 11.7 Å². The Morgan fingerprint density at radius 1 is 1.05 bits per heavy atom. The fourth-order valence-electron chi connectivity index (χ4n) is 5.28. The van der Waals surface area contributed by atoms with Crippen molar-refractivity contribution < 1.29 is 28.2 Å². The van der Waals surface area contributed by atoms with Crippen molar-refractivity contribution in [2.45, 2.75) is 57.5 Å². The zero-order valence-corrected chi connectivity index (χ0v) is 22.5. The van der Waals surface area contributed by atoms with Gasteiger partial charge in [-0.15, -0.1) is 0 Å². The Bertz CT molecular complexity index is 1160. The minimum atomic E-state index is -0.548. The molecule has 1 N–H and O–H groups in total. The molecule has 0 radical (unpaired) electrons. The molecule has 38 heavy (non-hydrogen) atoms. The molecule has 4 rings (SSSR count). The van der Waals surface area contributed by atoms with Crippen molar-refractivity contribution in [3.8, 4) is 0 Å². The Balaban J connectivity index is 1.63. The molecule has 1 aliphatic heterocycles. The number of ether oxygens (including phenoxy) is 2. The standard InChI is InChI=1S/C28H33ClFN3O5/c1-4-12-31-26(34)18-10-8-17(9-11-18)15-33-27(35)19-13-24(37-2)25(38-3)14-23(19)32(28(33)36)16-20-21(29)6-5-7-22(20)30/h5-11,19,23-25H,4,12-16H2,1-3H3,(H,31,34). The molecule has 2 aromatic rings. The summed E-state index contributed by atoms with van der Waals surface area (Å²) in [5.74, 6) is -1.55. The quantitative estimate of drug-likeness (QED) is 0.505. The SMILES string of the molecule is CCCNC(=O)c1ccc(CN2C(=O)C3CC(OC)C(OC)CC3N(Cc3c(F)cccc3Cl)C2=O)cc1. The summed E-state index contributed by atoms with van der Waals surface area (Å²) in [6, 6.07) is 10.2. The molecule has 0 spiro atoms. The van der Waals surface area contributed by atoms with Crippen LogP contribution in [0.15, 0.2) is 42.5 Å². The van der Waals surface area contributed by atoms with Crippen LogP contribution in [0.3, 0.4) is 0 Å². The van der Waals surface area contributed by atoms with Crippen LogP contribution in [0.4, 0.5) is 9.18 Å². The van der Waals surface area contributed by atoms with Crippen molar-refractivity contribution in [3.63, 3.8) is 0 Å². The number of nitrogens with one attached hydrogen (secondary N) is 1. The van der Waals surface area contributed by atoms with Gasteiger partial charge in [-0.3, -0.25) is 14.5 Å². The van der Waals surface area contributed by atoms with Crippen LogP contribution < -0.4 is 5.32 Å². The second kappa shape index (κ2) is 12.2. The van der Waals surface area contributed by atoms with Gasteiger partial charge in [0, 0.05) is 43.0 Å². The fraction of sp³-hybridized carbons (Fsp3) is 0.464. The number of carbonyl (C=O) groups excluding carboxylic acids is 3. The molecule has 204 valence electrons. The maximum absolute atomic E-state index is 14.7. The monoisotopic (exact) mass is 545 g/mol. The van der Waals surface area contributed by atoms with E-state index in [-0.39, 0.29) is 47.7 Å². The minimum absolute atomic E-state index is 0.0185. The fourth-order valence-corrected chi connectivity index (χ4v) is 5.50. The number of urea groups is 1. The molecule has 2 aliphatic rings. The highest BCUT2D eigenvalue weighted by atomic mass is 35.5. The van der Waals surface area contributed by atoms with Gasteiger partial charge in [-0.05, 0) is 49.1 Å². The summed E-state index contributed by atoms with van der Waals surface area (Å²) in [5, 5.41) is 3.03. The Labute approximate surface area is 227 Å². The average molecular weight is 546 g/mol. The largest absolute Gasteiger partial charge is 0.379 e. The van der Waals surface area contributed by atoms with Crippen LogP contribution in [0.25, 0.3) is 0 Å². The first kappa shape index (κ1) is 28.0. The Morgan fingerprint density at radius 2 is 1.74 bits per heavy atom. The van der Waals surface area contributed by atoms with E-state index < -0.39 is 23.8 Å². The molecular formula is C28H33ClFN3O5. The second-order valence-corrected chi connectivity index (χ2v) is 10.1. The summed E-state index contributed by atoms with van der Waals surface area (Å²) >= 11 is 6.30. The lowest BCUT2D eigenvalue weighted by Crippen LogP contribution is -2.64. The number of hydrogen-bond acceptors (Lipinski definition) is 5. The number of rotatable bonds is 9. The van der Waals surface area contributed by atoms with Gasteiger partial charge in [0.2, 0.25) is 5.91 Å². The molecule has 1 saturated carbocycles. The molecule has 1 saturated heterocycles. The number of amides is 4. The normalized spacial score (nSPS) is 23.4. The Kier molecular flexibility index (Phi) is 9.02. The van der Waals surface area contributed by atoms with Crippen molar-refractivity contribution in [2.75, 3.05) is 20.8 Å². The molecule has 0 aromatic heterocycles. The van der Waals surface area contributed by atoms with Crippen LogP contribution >= 0.6 is 11.6 Å². The van der Waals surface area contributed by atoms with Crippen molar-refractivity contribution in [1.82, 2.24) is 15.1 Å². The van der Waals surface area contributed by atoms with Gasteiger partial charge in [0.25, 0.3) is 5.91 Å². The molecule has 4 unspecified atom stereocenters. The number of methoxy groups -OCH3 is 2. The number of hydrogen-bond donors (Lipinski definition) is 1. The highest BCUT2D eigenvalue weighted by Gasteiger charge is 2.51. The van der Waals surface area contributed by atoms with Gasteiger partial charge >= 0.3 is 6.03 Å². The van der Waals surface area contributed by atoms with Crippen LogP contribution in [-0.2, 0) is 27.4 Å². The molecule has 4 amide bonds. The van der Waals surface area contributed by atoms with Crippen LogP contribution in [0.1, 0.15) is 47.7 Å². The van der Waals surface area contributed by atoms with Crippen molar-refractivity contribution in [3.05, 3.63) is 70.0 Å². The van der Waals surface area contributed by atoms with Gasteiger partial charge in [0.1, 0.15) is 5.82 Å². The minimum Gasteiger partial charge on any atom is -0.379 e. The molecule has 4 atom stereocenters. The van der Waals surface area contributed by atoms with Crippen molar-refractivity contribution in [1.29, 1.82) is 0 Å². The third-order valence-corrected chi connectivity index (χ3v) is 7.74. The lowest BCUT2D eigenvalue weighted by atomic mass is 9.77. The van der Waals surface area contributed by atoms with Gasteiger partial charge in [0.05, 0.1) is 31.2 Å². The zero-order chi connectivity index (χ0) is 27.4. The molecule has 0 bridgehead atoms. The lowest BCUT2D eigenvalue weighted by molar-refractivity contribution is -0.152. The third-order valence-electron chi connectivity index (χ3n) is 7.39. The summed E-state index contributed by atoms with van der Waals surface area (Å²) < 4.78 is 26.0. The zero-order valence-electron chi connectivity index (χ0n) is 21.8. The van der Waals surface area contributed by atoms with Crippen LogP contribution in [0.2, 0.25) is 5.02 Å². The molecular weight excluding hydrogens is 513 g/mol. The molecule has 1 aliphatic carbocycles. The second-order valence-electron chi connectivity index (χ2n) is 9.68. The van der Waals surface area contributed by atoms with Crippen LogP contribution in [-0.4, -0.2) is 66.7 Å². The van der Waals surface area contributed by atoms with Gasteiger partial charge in [-0.2, -0.15) is 0 Å². The highest BCUT2D eigenvalue weighted by Crippen LogP contribution is 2.39. The van der Waals surface area contributed by atoms with Gasteiger partial charge in [-0.1, -0.05) is 36.7 Å². The van der Waals surface area contributed by atoms with E-state index in [0.717, 1.165) is 6.42 Å². The third kappa shape index (κ3) is 5.70. The number of nitrogens with zero attached hydrogens (tertiary/aromatic N) is 2. The summed E-state index contributed by atoms with van der Waals surface area (Å²) in [7, 11) is 3.14. The number of halogens is 2. The lowest BCUT2D eigenvalue weighted by Gasteiger charge is -2.50. The van der Waals surface area contributed by atoms with Gasteiger partial charge < -0.3 is 19.7 Å². The smallest absolute Gasteiger partial charge is 0.327 e. The van der Waals surface area contributed by atoms with E-state index in [1.807, 2.05) is 6.92 Å². The maximum atomic E-state index is 14.7. The number of fused-ring (bicyclic) bond motifs is 1. The van der Waals surface area contributed by atoms with E-state index in [9.17, 15) is 18.8 Å². The van der Waals surface area contributed by atoms with Crippen molar-refractivity contribution in [2.24, 2.45) is 5.92 Å². The first-order valence-electron chi connectivity index (χ1n) is 12.8. The van der Waals surface area contributed by atoms with Crippen molar-refractivity contribution >= 4 is 29.4 Å². The first-order valence-corrected chi connectivity index (χ1v) is 13.1. The highest BCUT2D eigenvalue weighted by molar-refractivity contribution is 6.31. The maximum Gasteiger partial charge on any atom is 0.327 e. The van der Waals surface area contributed by atoms with E-state index in [0.29, 0.717) is 30.5 Å². The van der Waals surface area contributed by atoms with E-state index >= 15 is 0 Å². The van der Waals surface area contributed by atoms with Gasteiger partial charge in [-0.25, -0.2) is 9.18 Å². The van der Waals surface area contributed by atoms with E-state index in [1.54, 1.807) is 44.6 Å². The topological polar surface area (TPSA) is 88.2 Å². The number of imide groups is 1. The molecule has 10 heteroatoms. The molecule has 2 fully saturated rings. The summed E-state index contributed by atoms with van der Waals surface area (Å²) in [5.41, 5.74) is 1.38. The molecule has 8 nitrogen and oxygen atoms in total. The van der Waals surface area contributed by atoms with Crippen LogP contribution in [0.5, 0.6) is 0 Å². The number of carbonyl (C=O) groups is 3. The predicted octanol–water partition coefficient (Wildman–Crippen LogP) is 4.39. The average Bonchev–Trinajstić information content (AvgIpc) is 2.93. The van der Waals surface area contributed by atoms with E-state index in [4.69, 9.17) is 21.1 Å². The van der Waals surface area contributed by atoms with E-state index in [2.05, 4.69) is 5.32 Å². The molecule has 1 heterocycles. The summed E-state index contributed by atoms with van der Waals surface area (Å²) in [6.07, 6.45) is 0.923. The summed E-state index contributed by atoms with van der Waals surface area (Å²) in [4.78, 5) is 42.4. The van der Waals surface area contributed by atoms with Gasteiger partial charge in [0.15, 0.2) is 0 Å². The Hall–Kier alpha value is -3.01. The van der Waals surface area contributed by atoms with E-state index in [1.165, 1.54) is 21.9 Å². The predicted molar refractivity (Wildman–Crippen MR) is 140 cm³/mol. The molecule has 2 aromatic carbocycles. The number of benzene rings is 2. The Morgan fingerprint density at radius 3 is 2.37 bits per heavy atom.